The Bertz CT molecular complexity index is 554. The molecule has 0 aromatic rings. The van der Waals surface area contributed by atoms with Crippen LogP contribution in [0.5, 0.6) is 0 Å². The minimum absolute atomic E-state index is 0.237. The van der Waals surface area contributed by atoms with E-state index in [4.69, 9.17) is 4.43 Å². The zero-order valence-corrected chi connectivity index (χ0v) is 18.6. The van der Waals surface area contributed by atoms with Crippen molar-refractivity contribution in [2.45, 2.75) is 65.1 Å². The molecule has 1 atom stereocenters. The minimum Gasteiger partial charge on any atom is -0.466 e. The molecule has 0 radical (unpaired) electrons. The largest absolute Gasteiger partial charge is 0.466 e. The topological polar surface area (TPSA) is 35.5 Å². The predicted molar refractivity (Wildman–Crippen MR) is 113 cm³/mol. The molecule has 0 aromatic heterocycles. The van der Waals surface area contributed by atoms with Crippen LogP contribution in [0.15, 0.2) is 36.5 Å². The third kappa shape index (κ3) is 11.9. The van der Waals surface area contributed by atoms with Crippen LogP contribution in [0, 0.1) is 17.8 Å². The summed E-state index contributed by atoms with van der Waals surface area (Å²) in [5, 5.41) is 0.237. The number of esters is 1. The van der Waals surface area contributed by atoms with Gasteiger partial charge in [0.15, 0.2) is 8.32 Å². The quantitative estimate of drug-likeness (QED) is 0.225. The predicted octanol–water partition coefficient (Wildman–Crippen LogP) is 5.66. The lowest BCUT2D eigenvalue weighted by Gasteiger charge is -2.35. The van der Waals surface area contributed by atoms with Crippen LogP contribution in [-0.4, -0.2) is 28.0 Å². The van der Waals surface area contributed by atoms with Crippen molar-refractivity contribution < 1.29 is 14.0 Å². The standard InChI is InChI=1S/C22H36O3Si/c1-20(17-13-14-18-21(23)24-5)16-12-10-8-9-11-15-19-25-26(6,7)22(2,3)4/h10-12,14-15,18,20H,13,16-17,19H2,1-7H3/b12-10+,15-11+,18-14+/t20-/m0/s1. The van der Waals surface area contributed by atoms with Crippen LogP contribution in [0.2, 0.25) is 18.1 Å². The van der Waals surface area contributed by atoms with E-state index in [0.717, 1.165) is 19.3 Å². The molecule has 3 nitrogen and oxygen atoms in total. The summed E-state index contributed by atoms with van der Waals surface area (Å²) in [5.74, 6) is 6.30. The Morgan fingerprint density at radius 3 is 2.31 bits per heavy atom. The molecule has 0 saturated carbocycles. The number of ether oxygens (including phenoxy) is 1. The third-order valence-electron chi connectivity index (χ3n) is 4.65. The highest BCUT2D eigenvalue weighted by Gasteiger charge is 2.36. The van der Waals surface area contributed by atoms with Crippen molar-refractivity contribution in [3.05, 3.63) is 36.5 Å². The second kappa shape index (κ2) is 12.7. The first kappa shape index (κ1) is 24.4. The van der Waals surface area contributed by atoms with Gasteiger partial charge in [0.25, 0.3) is 0 Å². The Morgan fingerprint density at radius 2 is 1.73 bits per heavy atom. The van der Waals surface area contributed by atoms with Crippen molar-refractivity contribution in [3.8, 4) is 11.8 Å². The van der Waals surface area contributed by atoms with Crippen molar-refractivity contribution >= 4 is 14.3 Å². The molecule has 0 heterocycles. The first-order chi connectivity index (χ1) is 12.1. The minimum atomic E-state index is -1.67. The molecule has 0 aliphatic carbocycles. The zero-order chi connectivity index (χ0) is 20.1. The van der Waals surface area contributed by atoms with Gasteiger partial charge >= 0.3 is 5.97 Å². The Labute approximate surface area is 161 Å². The van der Waals surface area contributed by atoms with Gasteiger partial charge in [0, 0.05) is 6.08 Å². The van der Waals surface area contributed by atoms with E-state index in [9.17, 15) is 4.79 Å². The molecule has 0 aliphatic rings. The fourth-order valence-electron chi connectivity index (χ4n) is 1.78. The van der Waals surface area contributed by atoms with Crippen LogP contribution in [0.1, 0.15) is 47.0 Å². The van der Waals surface area contributed by atoms with Crippen molar-refractivity contribution in [2.24, 2.45) is 5.92 Å². The summed E-state index contributed by atoms with van der Waals surface area (Å²) in [6.07, 6.45) is 14.1. The number of hydrogen-bond acceptors (Lipinski definition) is 3. The molecule has 0 rings (SSSR count). The molecular weight excluding hydrogens is 340 g/mol. The maximum atomic E-state index is 10.9. The number of carbonyl (C=O) groups is 1. The zero-order valence-electron chi connectivity index (χ0n) is 17.6. The summed E-state index contributed by atoms with van der Waals surface area (Å²) >= 11 is 0. The van der Waals surface area contributed by atoms with Crippen LogP contribution in [-0.2, 0) is 14.0 Å². The lowest BCUT2D eigenvalue weighted by atomic mass is 10.0. The van der Waals surface area contributed by atoms with E-state index in [1.807, 2.05) is 24.3 Å². The normalized spacial score (nSPS) is 14.0. The molecule has 0 aliphatic heterocycles. The van der Waals surface area contributed by atoms with E-state index in [1.165, 1.54) is 13.2 Å². The Balaban J connectivity index is 3.99. The molecule has 0 saturated heterocycles. The molecule has 146 valence electrons. The van der Waals surface area contributed by atoms with Crippen LogP contribution in [0.4, 0.5) is 0 Å². The van der Waals surface area contributed by atoms with Gasteiger partial charge in [0.1, 0.15) is 0 Å². The Kier molecular flexibility index (Phi) is 12.0. The van der Waals surface area contributed by atoms with Crippen LogP contribution in [0.3, 0.4) is 0 Å². The maximum Gasteiger partial charge on any atom is 0.330 e. The van der Waals surface area contributed by atoms with Gasteiger partial charge in [0.05, 0.1) is 13.7 Å². The lowest BCUT2D eigenvalue weighted by Crippen LogP contribution is -2.40. The van der Waals surface area contributed by atoms with Gasteiger partial charge in [-0.2, -0.15) is 0 Å². The fraction of sp³-hybridized carbons (Fsp3) is 0.591. The molecule has 0 spiro atoms. The van der Waals surface area contributed by atoms with E-state index >= 15 is 0 Å². The van der Waals surface area contributed by atoms with Gasteiger partial charge in [-0.25, -0.2) is 4.79 Å². The Morgan fingerprint density at radius 1 is 1.12 bits per heavy atom. The van der Waals surface area contributed by atoms with Crippen LogP contribution < -0.4 is 0 Å². The molecule has 4 heteroatoms. The molecule has 0 amide bonds. The number of allylic oxidation sites excluding steroid dienone is 4. The van der Waals surface area contributed by atoms with E-state index < -0.39 is 8.32 Å². The fourth-order valence-corrected chi connectivity index (χ4v) is 2.73. The lowest BCUT2D eigenvalue weighted by molar-refractivity contribution is -0.134. The van der Waals surface area contributed by atoms with Crippen molar-refractivity contribution in [2.75, 3.05) is 13.7 Å². The van der Waals surface area contributed by atoms with Crippen LogP contribution >= 0.6 is 0 Å². The second-order valence-electron chi connectivity index (χ2n) is 8.01. The summed E-state index contributed by atoms with van der Waals surface area (Å²) in [7, 11) is -0.279. The van der Waals surface area contributed by atoms with Gasteiger partial charge in [-0.15, -0.1) is 0 Å². The summed E-state index contributed by atoms with van der Waals surface area (Å²) in [4.78, 5) is 10.9. The van der Waals surface area contributed by atoms with E-state index in [2.05, 4.69) is 63.4 Å². The van der Waals surface area contributed by atoms with E-state index in [1.54, 1.807) is 0 Å². The van der Waals surface area contributed by atoms with Crippen molar-refractivity contribution in [1.29, 1.82) is 0 Å². The van der Waals surface area contributed by atoms with Crippen molar-refractivity contribution in [3.63, 3.8) is 0 Å². The highest BCUT2D eigenvalue weighted by molar-refractivity contribution is 6.74. The molecule has 0 unspecified atom stereocenters. The summed E-state index contributed by atoms with van der Waals surface area (Å²) in [5.41, 5.74) is 0. The highest BCUT2D eigenvalue weighted by atomic mass is 28.4. The molecule has 0 aromatic carbocycles. The second-order valence-corrected chi connectivity index (χ2v) is 12.8. The maximum absolute atomic E-state index is 10.9. The monoisotopic (exact) mass is 376 g/mol. The average Bonchev–Trinajstić information content (AvgIpc) is 2.55. The summed E-state index contributed by atoms with van der Waals surface area (Å²) in [6, 6.07) is 0. The third-order valence-corrected chi connectivity index (χ3v) is 9.15. The first-order valence-electron chi connectivity index (χ1n) is 9.29. The first-order valence-corrected chi connectivity index (χ1v) is 12.2. The van der Waals surface area contributed by atoms with Gasteiger partial charge in [-0.1, -0.05) is 57.8 Å². The molecule has 0 fully saturated rings. The highest BCUT2D eigenvalue weighted by Crippen LogP contribution is 2.36. The van der Waals surface area contributed by atoms with E-state index in [-0.39, 0.29) is 11.0 Å². The van der Waals surface area contributed by atoms with Gasteiger partial charge in [-0.05, 0) is 55.5 Å². The van der Waals surface area contributed by atoms with Crippen LogP contribution in [0.25, 0.3) is 0 Å². The summed E-state index contributed by atoms with van der Waals surface area (Å²) in [6.45, 7) is 14.0. The van der Waals surface area contributed by atoms with E-state index in [0.29, 0.717) is 12.5 Å². The molecule has 0 bridgehead atoms. The smallest absolute Gasteiger partial charge is 0.330 e. The average molecular weight is 377 g/mol. The number of rotatable bonds is 9. The van der Waals surface area contributed by atoms with Gasteiger partial charge in [-0.3, -0.25) is 0 Å². The molecular formula is C22H36O3Si. The molecule has 0 N–H and O–H groups in total. The number of carbonyl (C=O) groups excluding carboxylic acids is 1. The van der Waals surface area contributed by atoms with Crippen molar-refractivity contribution in [1.82, 2.24) is 0 Å². The van der Waals surface area contributed by atoms with Gasteiger partial charge in [0.2, 0.25) is 0 Å². The SMILES string of the molecule is COC(=O)/C=C/CC[C@@H](C)C/C=C/C#C/C=C/CO[Si](C)(C)C(C)(C)C. The van der Waals surface area contributed by atoms with Gasteiger partial charge < -0.3 is 9.16 Å². The summed E-state index contributed by atoms with van der Waals surface area (Å²) < 4.78 is 10.6. The Hall–Kier alpha value is -1.57. The number of hydrogen-bond donors (Lipinski definition) is 0. The molecule has 26 heavy (non-hydrogen) atoms. The number of methoxy groups -OCH3 is 1.